The Labute approximate surface area is 167 Å². The number of hydrogen-bond donors (Lipinski definition) is 1. The molecule has 0 unspecified atom stereocenters. The van der Waals surface area contributed by atoms with E-state index in [2.05, 4.69) is 15.6 Å². The van der Waals surface area contributed by atoms with E-state index >= 15 is 0 Å². The Morgan fingerprint density at radius 1 is 1.19 bits per heavy atom. The van der Waals surface area contributed by atoms with E-state index in [1.807, 2.05) is 38.1 Å². The fraction of sp³-hybridized carbons (Fsp3) is 0.150. The maximum absolute atomic E-state index is 12.1. The molecule has 138 valence electrons. The minimum atomic E-state index is -0.352. The van der Waals surface area contributed by atoms with Gasteiger partial charge in [0, 0.05) is 10.6 Å². The van der Waals surface area contributed by atoms with Crippen LogP contribution in [0.15, 0.2) is 53.6 Å². The van der Waals surface area contributed by atoms with E-state index in [1.54, 1.807) is 28.9 Å². The first-order valence-electron chi connectivity index (χ1n) is 8.31. The van der Waals surface area contributed by atoms with Gasteiger partial charge in [0.05, 0.1) is 24.0 Å². The van der Waals surface area contributed by atoms with Gasteiger partial charge in [-0.05, 0) is 37.6 Å². The molecule has 7 heteroatoms. The molecule has 3 rings (SSSR count). The first kappa shape index (κ1) is 19.1. The van der Waals surface area contributed by atoms with Crippen LogP contribution in [0, 0.1) is 13.8 Å². The first-order chi connectivity index (χ1) is 12.9. The molecule has 5 nitrogen and oxygen atoms in total. The molecule has 1 heterocycles. The zero-order chi connectivity index (χ0) is 19.4. The van der Waals surface area contributed by atoms with E-state index in [4.69, 9.17) is 23.2 Å². The van der Waals surface area contributed by atoms with E-state index < -0.39 is 0 Å². The van der Waals surface area contributed by atoms with Crippen molar-refractivity contribution in [3.8, 4) is 0 Å². The highest BCUT2D eigenvalue weighted by atomic mass is 35.5. The summed E-state index contributed by atoms with van der Waals surface area (Å²) in [5, 5.41) is 9.41. The molecule has 0 aliphatic rings. The number of hydrogen-bond acceptors (Lipinski definition) is 3. The summed E-state index contributed by atoms with van der Waals surface area (Å²) in [6.45, 7) is 4.45. The summed E-state index contributed by atoms with van der Waals surface area (Å²) < 4.78 is 1.71. The van der Waals surface area contributed by atoms with Crippen molar-refractivity contribution in [2.75, 3.05) is 0 Å². The lowest BCUT2D eigenvalue weighted by molar-refractivity contribution is 0.0955. The lowest BCUT2D eigenvalue weighted by Crippen LogP contribution is -2.17. The van der Waals surface area contributed by atoms with Crippen LogP contribution < -0.4 is 5.43 Å². The maximum atomic E-state index is 12.1. The topological polar surface area (TPSA) is 59.3 Å². The number of aromatic nitrogens is 2. The first-order valence-corrected chi connectivity index (χ1v) is 9.07. The van der Waals surface area contributed by atoms with Gasteiger partial charge in [-0.2, -0.15) is 10.2 Å². The van der Waals surface area contributed by atoms with Crippen molar-refractivity contribution in [2.45, 2.75) is 20.4 Å². The summed E-state index contributed by atoms with van der Waals surface area (Å²) in [6, 6.07) is 14.8. The van der Waals surface area contributed by atoms with Crippen molar-refractivity contribution in [1.29, 1.82) is 0 Å². The standard InChI is InChI=1S/C20H18Cl2N4O/c1-13-6-8-15(9-7-13)12-26-19(22)18(14(2)25-26)11-23-24-20(27)16-4-3-5-17(21)10-16/h3-11H,12H2,1-2H3,(H,24,27)/b23-11-. The molecule has 0 aliphatic carbocycles. The number of carbonyl (C=O) groups excluding carboxylic acids is 1. The fourth-order valence-corrected chi connectivity index (χ4v) is 3.01. The van der Waals surface area contributed by atoms with Gasteiger partial charge in [0.1, 0.15) is 5.15 Å². The molecule has 0 fully saturated rings. The molecule has 27 heavy (non-hydrogen) atoms. The zero-order valence-electron chi connectivity index (χ0n) is 14.9. The Hall–Kier alpha value is -2.63. The van der Waals surface area contributed by atoms with Crippen LogP contribution in [0.4, 0.5) is 0 Å². The molecule has 0 atom stereocenters. The lowest BCUT2D eigenvalue weighted by atomic mass is 10.1. The van der Waals surface area contributed by atoms with Crippen LogP contribution >= 0.6 is 23.2 Å². The predicted molar refractivity (Wildman–Crippen MR) is 109 cm³/mol. The van der Waals surface area contributed by atoms with Crippen LogP contribution in [0.2, 0.25) is 10.2 Å². The smallest absolute Gasteiger partial charge is 0.267 e. The Bertz CT molecular complexity index is 994. The van der Waals surface area contributed by atoms with Gasteiger partial charge in [-0.3, -0.25) is 4.79 Å². The number of halogens is 2. The molecule has 0 saturated carbocycles. The molecule has 2 aromatic carbocycles. The van der Waals surface area contributed by atoms with E-state index in [0.29, 0.717) is 27.8 Å². The molecule has 1 amide bonds. The average Bonchev–Trinajstić information content (AvgIpc) is 2.91. The summed E-state index contributed by atoms with van der Waals surface area (Å²) in [6.07, 6.45) is 1.50. The summed E-state index contributed by atoms with van der Waals surface area (Å²) in [4.78, 5) is 12.1. The summed E-state index contributed by atoms with van der Waals surface area (Å²) in [5.41, 5.74) is 6.59. The predicted octanol–water partition coefficient (Wildman–Crippen LogP) is 4.62. The fourth-order valence-electron chi connectivity index (χ4n) is 2.53. The van der Waals surface area contributed by atoms with Crippen LogP contribution in [0.5, 0.6) is 0 Å². The molecule has 0 spiro atoms. The molecule has 1 N–H and O–H groups in total. The van der Waals surface area contributed by atoms with Gasteiger partial charge in [-0.25, -0.2) is 10.1 Å². The van der Waals surface area contributed by atoms with Crippen molar-refractivity contribution < 1.29 is 4.79 Å². The monoisotopic (exact) mass is 400 g/mol. The van der Waals surface area contributed by atoms with E-state index in [9.17, 15) is 4.79 Å². The second kappa shape index (κ2) is 8.37. The molecule has 0 saturated heterocycles. The van der Waals surface area contributed by atoms with E-state index in [0.717, 1.165) is 11.3 Å². The van der Waals surface area contributed by atoms with Gasteiger partial charge >= 0.3 is 0 Å². The Morgan fingerprint density at radius 2 is 1.93 bits per heavy atom. The summed E-state index contributed by atoms with van der Waals surface area (Å²) in [5.74, 6) is -0.352. The Morgan fingerprint density at radius 3 is 2.63 bits per heavy atom. The maximum Gasteiger partial charge on any atom is 0.271 e. The van der Waals surface area contributed by atoms with Crippen molar-refractivity contribution in [3.63, 3.8) is 0 Å². The molecular formula is C20H18Cl2N4O. The highest BCUT2D eigenvalue weighted by molar-refractivity contribution is 6.32. The lowest BCUT2D eigenvalue weighted by Gasteiger charge is -2.04. The minimum absolute atomic E-state index is 0.352. The number of hydrazone groups is 1. The third-order valence-electron chi connectivity index (χ3n) is 4.01. The summed E-state index contributed by atoms with van der Waals surface area (Å²) >= 11 is 12.3. The van der Waals surface area contributed by atoms with Crippen molar-refractivity contribution in [2.24, 2.45) is 5.10 Å². The molecule has 1 aromatic heterocycles. The number of carbonyl (C=O) groups is 1. The summed E-state index contributed by atoms with van der Waals surface area (Å²) in [7, 11) is 0. The number of aryl methyl sites for hydroxylation is 2. The average molecular weight is 401 g/mol. The number of amides is 1. The number of benzene rings is 2. The largest absolute Gasteiger partial charge is 0.271 e. The highest BCUT2D eigenvalue weighted by Crippen LogP contribution is 2.19. The van der Waals surface area contributed by atoms with Gasteiger partial charge in [-0.1, -0.05) is 59.1 Å². The van der Waals surface area contributed by atoms with E-state index in [1.165, 1.54) is 11.8 Å². The Balaban J connectivity index is 1.71. The van der Waals surface area contributed by atoms with Crippen molar-refractivity contribution >= 4 is 35.3 Å². The van der Waals surface area contributed by atoms with Crippen LogP contribution in [-0.2, 0) is 6.54 Å². The highest BCUT2D eigenvalue weighted by Gasteiger charge is 2.12. The SMILES string of the molecule is Cc1ccc(Cn2nc(C)c(/C=N\NC(=O)c3cccc(Cl)c3)c2Cl)cc1. The molecule has 0 radical (unpaired) electrons. The van der Waals surface area contributed by atoms with E-state index in [-0.39, 0.29) is 5.91 Å². The molecule has 0 bridgehead atoms. The van der Waals surface area contributed by atoms with Crippen LogP contribution in [0.3, 0.4) is 0 Å². The van der Waals surface area contributed by atoms with Crippen LogP contribution in [0.25, 0.3) is 0 Å². The molecule has 3 aromatic rings. The quantitative estimate of drug-likeness (QED) is 0.501. The Kier molecular flexibility index (Phi) is 5.94. The van der Waals surface area contributed by atoms with Gasteiger partial charge in [0.2, 0.25) is 0 Å². The van der Waals surface area contributed by atoms with Crippen LogP contribution in [0.1, 0.15) is 32.7 Å². The third-order valence-corrected chi connectivity index (χ3v) is 4.64. The number of rotatable bonds is 5. The second-order valence-corrected chi connectivity index (χ2v) is 6.94. The van der Waals surface area contributed by atoms with Gasteiger partial charge in [0.25, 0.3) is 5.91 Å². The van der Waals surface area contributed by atoms with Crippen molar-refractivity contribution in [3.05, 3.63) is 86.7 Å². The second-order valence-electron chi connectivity index (χ2n) is 6.14. The zero-order valence-corrected chi connectivity index (χ0v) is 16.4. The van der Waals surface area contributed by atoms with Gasteiger partial charge < -0.3 is 0 Å². The number of nitrogens with zero attached hydrogens (tertiary/aromatic N) is 3. The van der Waals surface area contributed by atoms with Crippen molar-refractivity contribution in [1.82, 2.24) is 15.2 Å². The molecule has 0 aliphatic heterocycles. The normalized spacial score (nSPS) is 11.1. The molecular weight excluding hydrogens is 383 g/mol. The van der Waals surface area contributed by atoms with Gasteiger partial charge in [-0.15, -0.1) is 0 Å². The van der Waals surface area contributed by atoms with Crippen LogP contribution in [-0.4, -0.2) is 21.9 Å². The number of nitrogens with one attached hydrogen (secondary N) is 1. The third kappa shape index (κ3) is 4.76. The minimum Gasteiger partial charge on any atom is -0.267 e. The van der Waals surface area contributed by atoms with Gasteiger partial charge in [0.15, 0.2) is 0 Å².